The fraction of sp³-hybridized carbons (Fsp3) is 0.0370. The van der Waals surface area contributed by atoms with E-state index in [1.807, 2.05) is 30.3 Å². The number of amides is 1. The van der Waals surface area contributed by atoms with E-state index in [0.717, 1.165) is 10.8 Å². The number of fused-ring (bicyclic) bond motifs is 1. The van der Waals surface area contributed by atoms with E-state index >= 15 is 0 Å². The maximum absolute atomic E-state index is 13.3. The van der Waals surface area contributed by atoms with Gasteiger partial charge in [-0.1, -0.05) is 71.7 Å². The van der Waals surface area contributed by atoms with Crippen LogP contribution in [-0.2, 0) is 9.59 Å². The maximum Gasteiger partial charge on any atom is 0.300 e. The van der Waals surface area contributed by atoms with Crippen LogP contribution in [0.2, 0.25) is 10.0 Å². The van der Waals surface area contributed by atoms with Crippen LogP contribution < -0.4 is 4.90 Å². The average molecular weight is 490 g/mol. The minimum Gasteiger partial charge on any atom is -0.507 e. The number of phenolic OH excluding ortho intramolecular Hbond substituents is 1. The number of benzene rings is 4. The molecule has 0 saturated carbocycles. The van der Waals surface area contributed by atoms with Crippen molar-refractivity contribution in [2.45, 2.75) is 6.04 Å². The van der Waals surface area contributed by atoms with Gasteiger partial charge < -0.3 is 10.2 Å². The molecule has 1 fully saturated rings. The number of aromatic hydroxyl groups is 1. The number of phenols is 1. The first kappa shape index (κ1) is 22.0. The molecule has 1 heterocycles. The van der Waals surface area contributed by atoms with E-state index in [-0.39, 0.29) is 22.1 Å². The van der Waals surface area contributed by atoms with Crippen LogP contribution in [0.15, 0.2) is 90.5 Å². The molecule has 1 unspecified atom stereocenters. The average Bonchev–Trinajstić information content (AvgIpc) is 3.11. The third-order valence-corrected chi connectivity index (χ3v) is 6.44. The number of hydrogen-bond acceptors (Lipinski definition) is 4. The Morgan fingerprint density at radius 3 is 2.29 bits per heavy atom. The summed E-state index contributed by atoms with van der Waals surface area (Å²) in [5.74, 6) is -2.04. The highest BCUT2D eigenvalue weighted by Gasteiger charge is 2.47. The van der Waals surface area contributed by atoms with Gasteiger partial charge in [0, 0.05) is 16.3 Å². The molecule has 2 N–H and O–H groups in total. The summed E-state index contributed by atoms with van der Waals surface area (Å²) in [6.45, 7) is 0. The van der Waals surface area contributed by atoms with Crippen molar-refractivity contribution in [2.24, 2.45) is 0 Å². The molecule has 0 aliphatic carbocycles. The van der Waals surface area contributed by atoms with Crippen molar-refractivity contribution in [3.8, 4) is 5.75 Å². The molecular weight excluding hydrogens is 473 g/mol. The van der Waals surface area contributed by atoms with E-state index < -0.39 is 17.7 Å². The summed E-state index contributed by atoms with van der Waals surface area (Å²) < 4.78 is 0. The third kappa shape index (κ3) is 3.59. The zero-order valence-electron chi connectivity index (χ0n) is 17.6. The largest absolute Gasteiger partial charge is 0.507 e. The van der Waals surface area contributed by atoms with Crippen molar-refractivity contribution in [3.63, 3.8) is 0 Å². The van der Waals surface area contributed by atoms with Gasteiger partial charge in [-0.15, -0.1) is 0 Å². The molecule has 5 nitrogen and oxygen atoms in total. The Kier molecular flexibility index (Phi) is 5.52. The Morgan fingerprint density at radius 2 is 1.56 bits per heavy atom. The number of halogens is 2. The fourth-order valence-corrected chi connectivity index (χ4v) is 4.60. The van der Waals surface area contributed by atoms with Gasteiger partial charge in [-0.3, -0.25) is 14.5 Å². The van der Waals surface area contributed by atoms with Crippen LogP contribution >= 0.6 is 23.2 Å². The van der Waals surface area contributed by atoms with Gasteiger partial charge in [-0.25, -0.2) is 0 Å². The van der Waals surface area contributed by atoms with Crippen LogP contribution in [0.3, 0.4) is 0 Å². The van der Waals surface area contributed by atoms with Gasteiger partial charge >= 0.3 is 0 Å². The number of rotatable bonds is 3. The van der Waals surface area contributed by atoms with Gasteiger partial charge in [0.25, 0.3) is 11.7 Å². The molecule has 1 aliphatic heterocycles. The lowest BCUT2D eigenvalue weighted by Gasteiger charge is -2.26. The quantitative estimate of drug-likeness (QED) is 0.196. The van der Waals surface area contributed by atoms with Crippen molar-refractivity contribution in [1.29, 1.82) is 0 Å². The van der Waals surface area contributed by atoms with Crippen LogP contribution in [-0.4, -0.2) is 21.9 Å². The number of aliphatic hydroxyl groups is 1. The number of Topliss-reactive ketones (excluding diaryl/α,β-unsaturated/α-hetero) is 1. The number of nitrogens with zero attached hydrogens (tertiary/aromatic N) is 1. The van der Waals surface area contributed by atoms with E-state index in [0.29, 0.717) is 21.8 Å². The van der Waals surface area contributed by atoms with Crippen LogP contribution in [0.1, 0.15) is 17.2 Å². The first-order valence-electron chi connectivity index (χ1n) is 10.4. The Labute approximate surface area is 205 Å². The molecule has 0 aromatic heterocycles. The van der Waals surface area contributed by atoms with E-state index in [1.54, 1.807) is 42.5 Å². The first-order valence-corrected chi connectivity index (χ1v) is 11.2. The van der Waals surface area contributed by atoms with Crippen molar-refractivity contribution in [3.05, 3.63) is 112 Å². The van der Waals surface area contributed by atoms with Gasteiger partial charge in [0.15, 0.2) is 0 Å². The van der Waals surface area contributed by atoms with Crippen molar-refractivity contribution >= 4 is 57.1 Å². The number of carbonyl (C=O) groups is 2. The van der Waals surface area contributed by atoms with Gasteiger partial charge in [0.05, 0.1) is 16.6 Å². The zero-order chi connectivity index (χ0) is 24.0. The monoisotopic (exact) mass is 489 g/mol. The summed E-state index contributed by atoms with van der Waals surface area (Å²) in [7, 11) is 0. The van der Waals surface area contributed by atoms with Crippen molar-refractivity contribution < 1.29 is 19.8 Å². The second-order valence-corrected chi connectivity index (χ2v) is 8.73. The smallest absolute Gasteiger partial charge is 0.300 e. The number of aliphatic hydroxyl groups excluding tert-OH is 1. The highest BCUT2D eigenvalue weighted by Crippen LogP contribution is 2.44. The van der Waals surface area contributed by atoms with E-state index in [2.05, 4.69) is 0 Å². The Hall–Kier alpha value is -3.80. The van der Waals surface area contributed by atoms with Crippen LogP contribution in [0.5, 0.6) is 5.75 Å². The number of ketones is 1. The molecule has 1 saturated heterocycles. The lowest BCUT2D eigenvalue weighted by Crippen LogP contribution is -2.29. The predicted molar refractivity (Wildman–Crippen MR) is 133 cm³/mol. The Morgan fingerprint density at radius 1 is 0.853 bits per heavy atom. The van der Waals surface area contributed by atoms with Gasteiger partial charge in [-0.2, -0.15) is 0 Å². The molecule has 4 aromatic carbocycles. The van der Waals surface area contributed by atoms with Crippen molar-refractivity contribution in [2.75, 3.05) is 4.90 Å². The van der Waals surface area contributed by atoms with Crippen LogP contribution in [0, 0.1) is 0 Å². The molecule has 5 rings (SSSR count). The molecule has 0 radical (unpaired) electrons. The van der Waals surface area contributed by atoms with E-state index in [9.17, 15) is 19.8 Å². The van der Waals surface area contributed by atoms with Crippen LogP contribution in [0.4, 0.5) is 5.69 Å². The number of hydrogen-bond donors (Lipinski definition) is 2. The second kappa shape index (κ2) is 8.52. The minimum atomic E-state index is -0.974. The standard InChI is InChI=1S/C27H17Cl2NO4/c28-17-9-11-18(12-10-17)30-24(16-8-13-22(31)21(29)14-16)23(26(33)27(30)34)25(32)20-7-3-5-15-4-1-2-6-19(15)20/h1-14,24,31-32H/b25-23-. The third-order valence-electron chi connectivity index (χ3n) is 5.88. The minimum absolute atomic E-state index is 0.0596. The number of carbonyl (C=O) groups excluding carboxylic acids is 2. The normalized spacial score (nSPS) is 17.5. The molecule has 34 heavy (non-hydrogen) atoms. The second-order valence-electron chi connectivity index (χ2n) is 7.88. The molecule has 0 bridgehead atoms. The van der Waals surface area contributed by atoms with Gasteiger partial charge in [0.2, 0.25) is 0 Å². The summed E-state index contributed by atoms with van der Waals surface area (Å²) in [6, 6.07) is 22.8. The van der Waals surface area contributed by atoms with E-state index in [1.165, 1.54) is 17.0 Å². The highest BCUT2D eigenvalue weighted by atomic mass is 35.5. The summed E-state index contributed by atoms with van der Waals surface area (Å²) in [6.07, 6.45) is 0. The number of anilines is 1. The SMILES string of the molecule is O=C1C(=O)N(c2ccc(Cl)cc2)C(c2ccc(O)c(Cl)c2)/C1=C(/O)c1cccc2ccccc12. The summed E-state index contributed by atoms with van der Waals surface area (Å²) in [4.78, 5) is 27.9. The predicted octanol–water partition coefficient (Wildman–Crippen LogP) is 6.48. The van der Waals surface area contributed by atoms with Gasteiger partial charge in [0.1, 0.15) is 11.5 Å². The van der Waals surface area contributed by atoms with Crippen LogP contribution in [0.25, 0.3) is 16.5 Å². The fourth-order valence-electron chi connectivity index (χ4n) is 4.29. The summed E-state index contributed by atoms with van der Waals surface area (Å²) in [5, 5.41) is 23.5. The lowest BCUT2D eigenvalue weighted by atomic mass is 9.93. The molecule has 1 amide bonds. The molecule has 7 heteroatoms. The molecule has 1 atom stereocenters. The molecule has 1 aliphatic rings. The maximum atomic E-state index is 13.3. The Balaban J connectivity index is 1.79. The topological polar surface area (TPSA) is 77.8 Å². The zero-order valence-corrected chi connectivity index (χ0v) is 19.1. The summed E-state index contributed by atoms with van der Waals surface area (Å²) in [5.41, 5.74) is 1.25. The molecular formula is C27H17Cl2NO4. The molecule has 168 valence electrons. The van der Waals surface area contributed by atoms with Crippen molar-refractivity contribution in [1.82, 2.24) is 0 Å². The Bertz CT molecular complexity index is 1490. The molecule has 4 aromatic rings. The first-order chi connectivity index (χ1) is 16.4. The summed E-state index contributed by atoms with van der Waals surface area (Å²) >= 11 is 12.2. The van der Waals surface area contributed by atoms with E-state index in [4.69, 9.17) is 23.2 Å². The molecule has 0 spiro atoms. The van der Waals surface area contributed by atoms with Gasteiger partial charge in [-0.05, 0) is 52.7 Å². The highest BCUT2D eigenvalue weighted by molar-refractivity contribution is 6.52. The lowest BCUT2D eigenvalue weighted by molar-refractivity contribution is -0.132.